The van der Waals surface area contributed by atoms with E-state index in [0.717, 1.165) is 32.8 Å². The highest BCUT2D eigenvalue weighted by atomic mass is 32.1. The van der Waals surface area contributed by atoms with Crippen molar-refractivity contribution in [1.29, 1.82) is 0 Å². The predicted molar refractivity (Wildman–Crippen MR) is 95.9 cm³/mol. The first-order valence-corrected chi connectivity index (χ1v) is 8.92. The monoisotopic (exact) mass is 334 g/mol. The van der Waals surface area contributed by atoms with Crippen LogP contribution in [0, 0.1) is 0 Å². The van der Waals surface area contributed by atoms with E-state index in [4.69, 9.17) is 9.40 Å². The molecule has 0 saturated carbocycles. The van der Waals surface area contributed by atoms with Crippen molar-refractivity contribution in [2.45, 2.75) is 0 Å². The minimum absolute atomic E-state index is 0.669. The van der Waals surface area contributed by atoms with Crippen molar-refractivity contribution in [3.05, 3.63) is 59.3 Å². The molecule has 0 aliphatic heterocycles. The van der Waals surface area contributed by atoms with Gasteiger partial charge in [0.2, 0.25) is 5.89 Å². The van der Waals surface area contributed by atoms with Gasteiger partial charge in [-0.3, -0.25) is 0 Å². The molecule has 0 bridgehead atoms. The highest BCUT2D eigenvalue weighted by molar-refractivity contribution is 7.21. The largest absolute Gasteiger partial charge is 0.436 e. The van der Waals surface area contributed by atoms with Crippen LogP contribution in [0.1, 0.15) is 0 Å². The topological polar surface area (TPSA) is 38.9 Å². The van der Waals surface area contributed by atoms with E-state index in [1.165, 1.54) is 4.70 Å². The Morgan fingerprint density at radius 2 is 1.83 bits per heavy atom. The van der Waals surface area contributed by atoms with E-state index in [9.17, 15) is 0 Å². The number of rotatable bonds is 2. The third kappa shape index (κ3) is 2.17. The molecule has 2 aromatic carbocycles. The van der Waals surface area contributed by atoms with Crippen LogP contribution in [0.15, 0.2) is 63.7 Å². The van der Waals surface area contributed by atoms with Gasteiger partial charge < -0.3 is 4.42 Å². The van der Waals surface area contributed by atoms with Crippen molar-refractivity contribution >= 4 is 44.0 Å². The molecule has 0 saturated heterocycles. The summed E-state index contributed by atoms with van der Waals surface area (Å²) in [5.41, 5.74) is 4.79. The lowest BCUT2D eigenvalue weighted by Gasteiger charge is -1.94. The number of fused-ring (bicyclic) bond motifs is 2. The van der Waals surface area contributed by atoms with Crippen molar-refractivity contribution in [3.8, 4) is 22.0 Å². The standard InChI is InChI=1S/C18H10N2OS2/c1-2-4-16-13(3-1)20-18(23-16)11-5-6-15-14(9-11)19-17(21-15)12-7-8-22-10-12/h1-10H. The predicted octanol–water partition coefficient (Wildman–Crippen LogP) is 5.83. The second kappa shape index (κ2) is 5.01. The summed E-state index contributed by atoms with van der Waals surface area (Å²) in [4.78, 5) is 9.32. The molecule has 0 unspecified atom stereocenters. The molecule has 0 radical (unpaired) electrons. The molecule has 0 aliphatic rings. The van der Waals surface area contributed by atoms with Crippen molar-refractivity contribution < 1.29 is 4.42 Å². The van der Waals surface area contributed by atoms with E-state index < -0.39 is 0 Å². The molecule has 0 amide bonds. The summed E-state index contributed by atoms with van der Waals surface area (Å²) in [5, 5.41) is 5.07. The van der Waals surface area contributed by atoms with Gasteiger partial charge >= 0.3 is 0 Å². The Morgan fingerprint density at radius 1 is 0.870 bits per heavy atom. The zero-order valence-corrected chi connectivity index (χ0v) is 13.5. The Kier molecular flexibility index (Phi) is 2.83. The summed E-state index contributed by atoms with van der Waals surface area (Å²) in [6.07, 6.45) is 0. The number of thiazole rings is 1. The summed E-state index contributed by atoms with van der Waals surface area (Å²) in [6, 6.07) is 16.3. The highest BCUT2D eigenvalue weighted by Gasteiger charge is 2.11. The Morgan fingerprint density at radius 3 is 2.70 bits per heavy atom. The van der Waals surface area contributed by atoms with E-state index >= 15 is 0 Å². The maximum Gasteiger partial charge on any atom is 0.228 e. The van der Waals surface area contributed by atoms with Crippen LogP contribution in [0.3, 0.4) is 0 Å². The lowest BCUT2D eigenvalue weighted by molar-refractivity contribution is 0.620. The number of thiophene rings is 1. The number of aromatic nitrogens is 2. The molecule has 3 heterocycles. The van der Waals surface area contributed by atoms with E-state index in [1.54, 1.807) is 22.7 Å². The second-order valence-electron chi connectivity index (χ2n) is 5.20. The molecule has 5 heteroatoms. The van der Waals surface area contributed by atoms with Gasteiger partial charge in [-0.05, 0) is 41.8 Å². The van der Waals surface area contributed by atoms with Gasteiger partial charge in [-0.2, -0.15) is 11.3 Å². The fourth-order valence-electron chi connectivity index (χ4n) is 2.57. The fraction of sp³-hybridized carbons (Fsp3) is 0. The van der Waals surface area contributed by atoms with Crippen LogP contribution in [-0.4, -0.2) is 9.97 Å². The Labute approximate surface area is 139 Å². The first-order valence-electron chi connectivity index (χ1n) is 7.16. The van der Waals surface area contributed by atoms with Crippen LogP contribution in [-0.2, 0) is 0 Å². The number of oxazole rings is 1. The summed E-state index contributed by atoms with van der Waals surface area (Å²) < 4.78 is 7.04. The van der Waals surface area contributed by atoms with Crippen molar-refractivity contribution in [2.75, 3.05) is 0 Å². The van der Waals surface area contributed by atoms with Crippen molar-refractivity contribution in [2.24, 2.45) is 0 Å². The lowest BCUT2D eigenvalue weighted by atomic mass is 10.2. The van der Waals surface area contributed by atoms with Crippen molar-refractivity contribution in [1.82, 2.24) is 9.97 Å². The molecule has 3 aromatic heterocycles. The molecule has 5 aromatic rings. The minimum atomic E-state index is 0.669. The van der Waals surface area contributed by atoms with Crippen molar-refractivity contribution in [3.63, 3.8) is 0 Å². The smallest absolute Gasteiger partial charge is 0.228 e. The molecule has 0 N–H and O–H groups in total. The molecule has 0 atom stereocenters. The van der Waals surface area contributed by atoms with Gasteiger partial charge in [-0.25, -0.2) is 9.97 Å². The third-order valence-corrected chi connectivity index (χ3v) is 5.47. The molecule has 0 spiro atoms. The molecular formula is C18H10N2OS2. The van der Waals surface area contributed by atoms with Crippen LogP contribution in [0.4, 0.5) is 0 Å². The quantitative estimate of drug-likeness (QED) is 0.407. The molecule has 5 rings (SSSR count). The highest BCUT2D eigenvalue weighted by Crippen LogP contribution is 2.33. The van der Waals surface area contributed by atoms with Crippen LogP contribution in [0.2, 0.25) is 0 Å². The van der Waals surface area contributed by atoms with Crippen LogP contribution in [0.5, 0.6) is 0 Å². The summed E-state index contributed by atoms with van der Waals surface area (Å²) >= 11 is 3.33. The fourth-order valence-corrected chi connectivity index (χ4v) is 4.16. The minimum Gasteiger partial charge on any atom is -0.436 e. The lowest BCUT2D eigenvalue weighted by Crippen LogP contribution is -1.76. The normalized spacial score (nSPS) is 11.5. The van der Waals surface area contributed by atoms with Gasteiger partial charge in [0.1, 0.15) is 10.5 Å². The van der Waals surface area contributed by atoms with Crippen LogP contribution < -0.4 is 0 Å². The number of hydrogen-bond acceptors (Lipinski definition) is 5. The van der Waals surface area contributed by atoms with E-state index in [2.05, 4.69) is 11.1 Å². The SMILES string of the molecule is c1ccc2sc(-c3ccc4oc(-c5ccsc5)nc4c3)nc2c1. The molecule has 0 aliphatic carbocycles. The average Bonchev–Trinajstić information content (AvgIpc) is 3.31. The Bertz CT molecular complexity index is 1090. The van der Waals surface area contributed by atoms with Gasteiger partial charge in [0, 0.05) is 16.5 Å². The number of nitrogens with zero attached hydrogens (tertiary/aromatic N) is 2. The van der Waals surface area contributed by atoms with Gasteiger partial charge in [0.25, 0.3) is 0 Å². The van der Waals surface area contributed by atoms with Crippen LogP contribution >= 0.6 is 22.7 Å². The zero-order chi connectivity index (χ0) is 15.2. The zero-order valence-electron chi connectivity index (χ0n) is 11.9. The summed E-state index contributed by atoms with van der Waals surface area (Å²) in [6.45, 7) is 0. The first kappa shape index (κ1) is 13.0. The van der Waals surface area contributed by atoms with E-state index in [1.807, 2.05) is 53.2 Å². The Balaban J connectivity index is 1.64. The number of hydrogen-bond donors (Lipinski definition) is 0. The Hall–Kier alpha value is -2.50. The molecule has 0 fully saturated rings. The van der Waals surface area contributed by atoms with Gasteiger partial charge in [0.05, 0.1) is 10.2 Å². The summed E-state index contributed by atoms with van der Waals surface area (Å²) in [7, 11) is 0. The first-order chi connectivity index (χ1) is 11.4. The van der Waals surface area contributed by atoms with E-state index in [0.29, 0.717) is 5.89 Å². The molecule has 23 heavy (non-hydrogen) atoms. The molecular weight excluding hydrogens is 324 g/mol. The molecule has 3 nitrogen and oxygen atoms in total. The van der Waals surface area contributed by atoms with E-state index in [-0.39, 0.29) is 0 Å². The maximum atomic E-state index is 5.84. The maximum absolute atomic E-state index is 5.84. The molecule has 110 valence electrons. The number of para-hydroxylation sites is 1. The van der Waals surface area contributed by atoms with Gasteiger partial charge in [-0.15, -0.1) is 11.3 Å². The van der Waals surface area contributed by atoms with Gasteiger partial charge in [0.15, 0.2) is 5.58 Å². The number of benzene rings is 2. The van der Waals surface area contributed by atoms with Gasteiger partial charge in [-0.1, -0.05) is 12.1 Å². The third-order valence-electron chi connectivity index (χ3n) is 3.70. The second-order valence-corrected chi connectivity index (χ2v) is 7.01. The summed E-state index contributed by atoms with van der Waals surface area (Å²) in [5.74, 6) is 0.669. The van der Waals surface area contributed by atoms with Crippen LogP contribution in [0.25, 0.3) is 43.3 Å². The average molecular weight is 334 g/mol.